The Balaban J connectivity index is 4.60. The number of hydrogen-bond donors (Lipinski definition) is 2. The number of thiol groups is 1. The molecule has 0 rings (SSSR count). The summed E-state index contributed by atoms with van der Waals surface area (Å²) in [6.45, 7) is 5.83. The second-order valence-corrected chi connectivity index (χ2v) is 4.21. The molecule has 0 fully saturated rings. The highest BCUT2D eigenvalue weighted by Gasteiger charge is 2.23. The number of amides is 2. The van der Waals surface area contributed by atoms with Crippen LogP contribution in [0.15, 0.2) is 0 Å². The van der Waals surface area contributed by atoms with Crippen LogP contribution >= 0.6 is 12.6 Å². The van der Waals surface area contributed by atoms with Gasteiger partial charge in [0.05, 0.1) is 12.0 Å². The second-order valence-electron chi connectivity index (χ2n) is 3.84. The molecule has 2 amide bonds. The first-order valence-corrected chi connectivity index (χ1v) is 6.15. The maximum atomic E-state index is 12.0. The van der Waals surface area contributed by atoms with Crippen molar-refractivity contribution < 1.29 is 9.59 Å². The van der Waals surface area contributed by atoms with Crippen molar-refractivity contribution in [2.45, 2.75) is 26.8 Å². The molecule has 0 bridgehead atoms. The molecule has 0 aliphatic rings. The summed E-state index contributed by atoms with van der Waals surface area (Å²) in [6.07, 6.45) is 0. The molecule has 2 atom stereocenters. The molecule has 0 aromatic carbocycles. The quantitative estimate of drug-likeness (QED) is 0.678. The summed E-state index contributed by atoms with van der Waals surface area (Å²) in [4.78, 5) is 24.5. The Bertz CT molecular complexity index is 314. The highest BCUT2D eigenvalue weighted by Crippen LogP contribution is 2.03. The molecular formula is C11H19N3O2S. The molecule has 0 aromatic heterocycles. The minimum atomic E-state index is -0.623. The first-order valence-electron chi connectivity index (χ1n) is 5.52. The summed E-state index contributed by atoms with van der Waals surface area (Å²) in [5.41, 5.74) is 0. The van der Waals surface area contributed by atoms with Gasteiger partial charge in [0, 0.05) is 25.8 Å². The van der Waals surface area contributed by atoms with Crippen molar-refractivity contribution in [1.29, 1.82) is 5.26 Å². The highest BCUT2D eigenvalue weighted by atomic mass is 32.1. The number of rotatable bonds is 6. The third kappa shape index (κ3) is 5.59. The Labute approximate surface area is 108 Å². The monoisotopic (exact) mass is 257 g/mol. The molecule has 6 heteroatoms. The lowest BCUT2D eigenvalue weighted by molar-refractivity contribution is -0.135. The van der Waals surface area contributed by atoms with Crippen LogP contribution in [0.5, 0.6) is 0 Å². The molecule has 1 N–H and O–H groups in total. The average molecular weight is 257 g/mol. The van der Waals surface area contributed by atoms with Gasteiger partial charge in [-0.1, -0.05) is 0 Å². The highest BCUT2D eigenvalue weighted by molar-refractivity contribution is 7.80. The maximum absolute atomic E-state index is 12.0. The fourth-order valence-corrected chi connectivity index (χ4v) is 1.65. The van der Waals surface area contributed by atoms with E-state index in [2.05, 4.69) is 24.0 Å². The summed E-state index contributed by atoms with van der Waals surface area (Å²) in [7, 11) is 0. The first kappa shape index (κ1) is 15.8. The van der Waals surface area contributed by atoms with E-state index >= 15 is 0 Å². The van der Waals surface area contributed by atoms with Crippen LogP contribution in [0.25, 0.3) is 0 Å². The molecule has 96 valence electrons. The fraction of sp³-hybridized carbons (Fsp3) is 0.727. The van der Waals surface area contributed by atoms with E-state index in [1.165, 1.54) is 6.92 Å². The van der Waals surface area contributed by atoms with Gasteiger partial charge < -0.3 is 10.2 Å². The van der Waals surface area contributed by atoms with Crippen molar-refractivity contribution in [3.05, 3.63) is 0 Å². The Morgan fingerprint density at radius 1 is 1.53 bits per heavy atom. The topological polar surface area (TPSA) is 73.2 Å². The largest absolute Gasteiger partial charge is 0.344 e. The van der Waals surface area contributed by atoms with Gasteiger partial charge in [0.2, 0.25) is 11.8 Å². The minimum absolute atomic E-state index is 0.195. The molecule has 0 heterocycles. The van der Waals surface area contributed by atoms with E-state index in [1.54, 1.807) is 11.8 Å². The van der Waals surface area contributed by atoms with Crippen molar-refractivity contribution >= 4 is 24.4 Å². The molecule has 0 aliphatic carbocycles. The molecule has 0 aromatic rings. The van der Waals surface area contributed by atoms with Crippen molar-refractivity contribution in [2.24, 2.45) is 5.92 Å². The number of hydrogen-bond acceptors (Lipinski definition) is 4. The van der Waals surface area contributed by atoms with Crippen LogP contribution in [0.4, 0.5) is 0 Å². The average Bonchev–Trinajstić information content (AvgIpc) is 2.31. The Kier molecular flexibility index (Phi) is 7.39. The number of nitrogens with zero attached hydrogens (tertiary/aromatic N) is 2. The summed E-state index contributed by atoms with van der Waals surface area (Å²) >= 11 is 4.05. The third-order valence-corrected chi connectivity index (χ3v) is 2.63. The van der Waals surface area contributed by atoms with E-state index in [0.29, 0.717) is 13.1 Å². The van der Waals surface area contributed by atoms with E-state index in [0.717, 1.165) is 0 Å². The van der Waals surface area contributed by atoms with Gasteiger partial charge in [0.25, 0.3) is 0 Å². The SMILES string of the molecule is CCN(CC(C)C#N)C(=O)C(CS)NC(C)=O. The minimum Gasteiger partial charge on any atom is -0.344 e. The van der Waals surface area contributed by atoms with Gasteiger partial charge in [-0.3, -0.25) is 9.59 Å². The summed E-state index contributed by atoms with van der Waals surface area (Å²) < 4.78 is 0. The van der Waals surface area contributed by atoms with Crippen molar-refractivity contribution in [1.82, 2.24) is 10.2 Å². The number of likely N-dealkylation sites (N-methyl/N-ethyl adjacent to an activating group) is 1. The van der Waals surface area contributed by atoms with Gasteiger partial charge in [0.1, 0.15) is 6.04 Å². The van der Waals surface area contributed by atoms with Gasteiger partial charge in [-0.15, -0.1) is 0 Å². The molecule has 5 nitrogen and oxygen atoms in total. The van der Waals surface area contributed by atoms with Crippen LogP contribution in [0, 0.1) is 17.2 Å². The number of nitriles is 1. The van der Waals surface area contributed by atoms with Crippen LogP contribution < -0.4 is 5.32 Å². The zero-order valence-corrected chi connectivity index (χ0v) is 11.3. The summed E-state index contributed by atoms with van der Waals surface area (Å²) in [5, 5.41) is 11.3. The van der Waals surface area contributed by atoms with Gasteiger partial charge in [-0.25, -0.2) is 0 Å². The van der Waals surface area contributed by atoms with E-state index < -0.39 is 6.04 Å². The molecule has 0 spiro atoms. The molecule has 2 unspecified atom stereocenters. The predicted octanol–water partition coefficient (Wildman–Crippen LogP) is 0.429. The number of carbonyl (C=O) groups is 2. The lowest BCUT2D eigenvalue weighted by Crippen LogP contribution is -2.50. The molecule has 0 radical (unpaired) electrons. The Hall–Kier alpha value is -1.22. The van der Waals surface area contributed by atoms with E-state index in [9.17, 15) is 9.59 Å². The van der Waals surface area contributed by atoms with Crippen LogP contribution in [0.3, 0.4) is 0 Å². The van der Waals surface area contributed by atoms with Crippen molar-refractivity contribution in [2.75, 3.05) is 18.8 Å². The van der Waals surface area contributed by atoms with Gasteiger partial charge in [-0.2, -0.15) is 17.9 Å². The van der Waals surface area contributed by atoms with Crippen molar-refractivity contribution in [3.8, 4) is 6.07 Å². The fourth-order valence-electron chi connectivity index (χ4n) is 1.40. The smallest absolute Gasteiger partial charge is 0.246 e. The zero-order chi connectivity index (χ0) is 13.4. The predicted molar refractivity (Wildman–Crippen MR) is 68.5 cm³/mol. The van der Waals surface area contributed by atoms with E-state index in [4.69, 9.17) is 5.26 Å². The standard InChI is InChI=1S/C11H19N3O2S/c1-4-14(6-8(2)5-12)11(16)10(7-17)13-9(3)15/h8,10,17H,4,6-7H2,1-3H3,(H,13,15). The van der Waals surface area contributed by atoms with Crippen LogP contribution in [-0.2, 0) is 9.59 Å². The third-order valence-electron chi connectivity index (χ3n) is 2.27. The second kappa shape index (κ2) is 7.96. The van der Waals surface area contributed by atoms with Crippen molar-refractivity contribution in [3.63, 3.8) is 0 Å². The normalized spacial score (nSPS) is 13.4. The Morgan fingerprint density at radius 2 is 2.12 bits per heavy atom. The first-order chi connectivity index (χ1) is 7.96. The molecular weight excluding hydrogens is 238 g/mol. The van der Waals surface area contributed by atoms with Crippen LogP contribution in [0.1, 0.15) is 20.8 Å². The number of carbonyl (C=O) groups excluding carboxylic acids is 2. The van der Waals surface area contributed by atoms with Crippen LogP contribution in [-0.4, -0.2) is 41.6 Å². The summed E-state index contributed by atoms with van der Waals surface area (Å²) in [6, 6.07) is 1.46. The summed E-state index contributed by atoms with van der Waals surface area (Å²) in [5.74, 6) is -0.436. The Morgan fingerprint density at radius 3 is 2.47 bits per heavy atom. The molecule has 17 heavy (non-hydrogen) atoms. The lowest BCUT2D eigenvalue weighted by Gasteiger charge is -2.26. The van der Waals surface area contributed by atoms with Gasteiger partial charge in [0.15, 0.2) is 0 Å². The maximum Gasteiger partial charge on any atom is 0.246 e. The number of nitrogens with one attached hydrogen (secondary N) is 1. The molecule has 0 saturated heterocycles. The molecule has 0 saturated carbocycles. The van der Waals surface area contributed by atoms with Gasteiger partial charge >= 0.3 is 0 Å². The zero-order valence-electron chi connectivity index (χ0n) is 10.4. The van der Waals surface area contributed by atoms with E-state index in [-0.39, 0.29) is 23.5 Å². The van der Waals surface area contributed by atoms with Crippen LogP contribution in [0.2, 0.25) is 0 Å². The molecule has 0 aliphatic heterocycles. The lowest BCUT2D eigenvalue weighted by atomic mass is 10.1. The van der Waals surface area contributed by atoms with E-state index in [1.807, 2.05) is 6.92 Å². The van der Waals surface area contributed by atoms with Gasteiger partial charge in [-0.05, 0) is 13.8 Å².